The summed E-state index contributed by atoms with van der Waals surface area (Å²) in [5.41, 5.74) is 0.852. The number of esters is 1. The van der Waals surface area contributed by atoms with Gasteiger partial charge in [-0.25, -0.2) is 13.6 Å². The minimum Gasteiger partial charge on any atom is -0.465 e. The normalized spacial score (nSPS) is 15.8. The molecule has 0 aromatic heterocycles. The molecule has 2 aromatic rings. The first-order valence-corrected chi connectivity index (χ1v) is 9.69. The van der Waals surface area contributed by atoms with Gasteiger partial charge >= 0.3 is 5.97 Å². The van der Waals surface area contributed by atoms with E-state index < -0.39 is 17.7 Å². The average Bonchev–Trinajstić information content (AvgIpc) is 2.72. The Morgan fingerprint density at radius 2 is 1.69 bits per heavy atom. The summed E-state index contributed by atoms with van der Waals surface area (Å²) in [6, 6.07) is 9.49. The van der Waals surface area contributed by atoms with Gasteiger partial charge in [0.15, 0.2) is 11.6 Å². The molecular formula is C21H21ClF2N2O3. The lowest BCUT2D eigenvalue weighted by Crippen LogP contribution is -2.51. The molecule has 1 saturated heterocycles. The highest BCUT2D eigenvalue weighted by Crippen LogP contribution is 2.26. The van der Waals surface area contributed by atoms with E-state index in [1.165, 1.54) is 6.07 Å². The third-order valence-electron chi connectivity index (χ3n) is 4.83. The van der Waals surface area contributed by atoms with E-state index >= 15 is 0 Å². The van der Waals surface area contributed by atoms with Crippen LogP contribution in [-0.4, -0.2) is 54.5 Å². The average molecular weight is 423 g/mol. The highest BCUT2D eigenvalue weighted by molar-refractivity contribution is 6.30. The lowest BCUT2D eigenvalue weighted by Gasteiger charge is -2.38. The maximum atomic E-state index is 13.4. The first-order valence-electron chi connectivity index (χ1n) is 9.31. The van der Waals surface area contributed by atoms with E-state index in [2.05, 4.69) is 0 Å². The Bertz CT molecular complexity index is 884. The van der Waals surface area contributed by atoms with Crippen molar-refractivity contribution in [2.75, 3.05) is 32.8 Å². The van der Waals surface area contributed by atoms with E-state index in [0.29, 0.717) is 31.2 Å². The van der Waals surface area contributed by atoms with Gasteiger partial charge in [-0.2, -0.15) is 0 Å². The van der Waals surface area contributed by atoms with E-state index in [1.54, 1.807) is 36.1 Å². The van der Waals surface area contributed by atoms with Gasteiger partial charge in [0.2, 0.25) is 0 Å². The van der Waals surface area contributed by atoms with Crippen LogP contribution in [0.2, 0.25) is 5.02 Å². The number of hydrogen-bond donors (Lipinski definition) is 0. The van der Waals surface area contributed by atoms with Crippen molar-refractivity contribution < 1.29 is 23.1 Å². The Morgan fingerprint density at radius 1 is 1.03 bits per heavy atom. The van der Waals surface area contributed by atoms with E-state index in [1.807, 2.05) is 4.90 Å². The molecule has 0 N–H and O–H groups in total. The van der Waals surface area contributed by atoms with E-state index in [0.717, 1.165) is 17.7 Å². The maximum absolute atomic E-state index is 13.4. The lowest BCUT2D eigenvalue weighted by molar-refractivity contribution is -0.150. The summed E-state index contributed by atoms with van der Waals surface area (Å²) >= 11 is 5.95. The van der Waals surface area contributed by atoms with Crippen molar-refractivity contribution in [2.24, 2.45) is 0 Å². The molecule has 8 heteroatoms. The number of nitrogens with zero attached hydrogens (tertiary/aromatic N) is 2. The van der Waals surface area contributed by atoms with Crippen LogP contribution >= 0.6 is 11.6 Å². The number of carbonyl (C=O) groups excluding carboxylic acids is 2. The second-order valence-electron chi connectivity index (χ2n) is 6.66. The van der Waals surface area contributed by atoms with Crippen LogP contribution in [0.25, 0.3) is 0 Å². The molecule has 2 aromatic carbocycles. The van der Waals surface area contributed by atoms with Gasteiger partial charge in [0.05, 0.1) is 6.61 Å². The fraction of sp³-hybridized carbons (Fsp3) is 0.333. The van der Waals surface area contributed by atoms with E-state index in [-0.39, 0.29) is 24.0 Å². The number of rotatable bonds is 5. The van der Waals surface area contributed by atoms with Crippen LogP contribution in [-0.2, 0) is 9.53 Å². The Balaban J connectivity index is 1.72. The van der Waals surface area contributed by atoms with Crippen LogP contribution in [0.5, 0.6) is 0 Å². The zero-order chi connectivity index (χ0) is 21.0. The van der Waals surface area contributed by atoms with Crippen molar-refractivity contribution in [1.29, 1.82) is 0 Å². The van der Waals surface area contributed by atoms with Crippen LogP contribution in [0.1, 0.15) is 28.9 Å². The minimum atomic E-state index is -1.06. The van der Waals surface area contributed by atoms with Gasteiger partial charge in [-0.05, 0) is 42.8 Å². The van der Waals surface area contributed by atoms with Crippen molar-refractivity contribution in [2.45, 2.75) is 13.0 Å². The van der Waals surface area contributed by atoms with Crippen LogP contribution in [0.3, 0.4) is 0 Å². The maximum Gasteiger partial charge on any atom is 0.328 e. The highest BCUT2D eigenvalue weighted by atomic mass is 35.5. The molecule has 3 rings (SSSR count). The van der Waals surface area contributed by atoms with Gasteiger partial charge in [-0.3, -0.25) is 9.69 Å². The third-order valence-corrected chi connectivity index (χ3v) is 5.08. The summed E-state index contributed by atoms with van der Waals surface area (Å²) in [6.07, 6.45) is 0. The first-order chi connectivity index (χ1) is 13.9. The molecule has 1 atom stereocenters. The van der Waals surface area contributed by atoms with Gasteiger partial charge in [0.1, 0.15) is 6.04 Å². The molecule has 0 unspecified atom stereocenters. The number of hydrogen-bond acceptors (Lipinski definition) is 4. The fourth-order valence-electron chi connectivity index (χ4n) is 3.36. The Hall–Kier alpha value is -2.51. The number of ether oxygens (including phenoxy) is 1. The number of halogens is 3. The molecule has 1 aliphatic heterocycles. The fourth-order valence-corrected chi connectivity index (χ4v) is 3.48. The quantitative estimate of drug-likeness (QED) is 0.690. The molecule has 29 heavy (non-hydrogen) atoms. The summed E-state index contributed by atoms with van der Waals surface area (Å²) in [5, 5.41) is 0.568. The zero-order valence-corrected chi connectivity index (χ0v) is 16.7. The van der Waals surface area contributed by atoms with Crippen LogP contribution < -0.4 is 0 Å². The van der Waals surface area contributed by atoms with Crippen molar-refractivity contribution >= 4 is 23.5 Å². The molecule has 0 bridgehead atoms. The number of piperazine rings is 1. The van der Waals surface area contributed by atoms with E-state index in [9.17, 15) is 18.4 Å². The van der Waals surface area contributed by atoms with Crippen molar-refractivity contribution in [1.82, 2.24) is 9.80 Å². The summed E-state index contributed by atoms with van der Waals surface area (Å²) in [5.74, 6) is -2.79. The summed E-state index contributed by atoms with van der Waals surface area (Å²) in [7, 11) is 0. The largest absolute Gasteiger partial charge is 0.465 e. The topological polar surface area (TPSA) is 49.9 Å². The molecule has 0 aliphatic carbocycles. The first kappa shape index (κ1) is 21.2. The monoisotopic (exact) mass is 422 g/mol. The summed E-state index contributed by atoms with van der Waals surface area (Å²) in [4.78, 5) is 28.7. The Labute approximate surface area is 172 Å². The molecule has 0 saturated carbocycles. The molecule has 1 amide bonds. The molecule has 1 heterocycles. The van der Waals surface area contributed by atoms with Gasteiger partial charge in [-0.1, -0.05) is 23.7 Å². The third kappa shape index (κ3) is 4.92. The van der Waals surface area contributed by atoms with Gasteiger partial charge < -0.3 is 9.64 Å². The standard InChI is InChI=1S/C21H21ClF2N2O3/c1-2-29-21(28)19(14-3-6-16(22)7-4-14)25-9-11-26(12-10-25)20(27)15-5-8-17(23)18(24)13-15/h3-8,13,19H,2,9-12H2,1H3/t19-/m1/s1. The number of carbonyl (C=O) groups is 2. The summed E-state index contributed by atoms with van der Waals surface area (Å²) in [6.45, 7) is 3.57. The van der Waals surface area contributed by atoms with E-state index in [4.69, 9.17) is 16.3 Å². The number of benzene rings is 2. The Morgan fingerprint density at radius 3 is 2.28 bits per heavy atom. The molecule has 0 radical (unpaired) electrons. The summed E-state index contributed by atoms with van der Waals surface area (Å²) < 4.78 is 31.8. The minimum absolute atomic E-state index is 0.0944. The SMILES string of the molecule is CCOC(=O)[C@@H](c1ccc(Cl)cc1)N1CCN(C(=O)c2ccc(F)c(F)c2)CC1. The van der Waals surface area contributed by atoms with Crippen molar-refractivity contribution in [3.05, 3.63) is 70.2 Å². The highest BCUT2D eigenvalue weighted by Gasteiger charge is 2.33. The number of amides is 1. The second-order valence-corrected chi connectivity index (χ2v) is 7.10. The predicted molar refractivity (Wildman–Crippen MR) is 105 cm³/mol. The Kier molecular flexibility index (Phi) is 6.82. The lowest BCUT2D eigenvalue weighted by atomic mass is 10.0. The predicted octanol–water partition coefficient (Wildman–Crippen LogP) is 3.68. The molecular weight excluding hydrogens is 402 g/mol. The van der Waals surface area contributed by atoms with Gasteiger partial charge in [-0.15, -0.1) is 0 Å². The molecule has 154 valence electrons. The zero-order valence-electron chi connectivity index (χ0n) is 15.9. The molecule has 5 nitrogen and oxygen atoms in total. The van der Waals surface area contributed by atoms with Crippen molar-refractivity contribution in [3.8, 4) is 0 Å². The van der Waals surface area contributed by atoms with Crippen LogP contribution in [0, 0.1) is 11.6 Å². The van der Waals surface area contributed by atoms with Crippen LogP contribution in [0.15, 0.2) is 42.5 Å². The van der Waals surface area contributed by atoms with Crippen LogP contribution in [0.4, 0.5) is 8.78 Å². The molecule has 0 spiro atoms. The molecule has 1 fully saturated rings. The van der Waals surface area contributed by atoms with Gasteiger partial charge in [0.25, 0.3) is 5.91 Å². The second kappa shape index (κ2) is 9.33. The van der Waals surface area contributed by atoms with Crippen molar-refractivity contribution in [3.63, 3.8) is 0 Å². The molecule has 1 aliphatic rings. The smallest absolute Gasteiger partial charge is 0.328 e. The van der Waals surface area contributed by atoms with Gasteiger partial charge in [0, 0.05) is 36.8 Å².